The highest BCUT2D eigenvalue weighted by Gasteiger charge is 2.28. The summed E-state index contributed by atoms with van der Waals surface area (Å²) in [5.74, 6) is -2.46. The van der Waals surface area contributed by atoms with E-state index in [4.69, 9.17) is 21.1 Å². The van der Waals surface area contributed by atoms with E-state index in [0.29, 0.717) is 26.1 Å². The second-order valence-corrected chi connectivity index (χ2v) is 6.68. The second-order valence-electron chi connectivity index (χ2n) is 6.28. The van der Waals surface area contributed by atoms with Gasteiger partial charge < -0.3 is 9.47 Å². The van der Waals surface area contributed by atoms with Crippen molar-refractivity contribution >= 4 is 17.4 Å². The van der Waals surface area contributed by atoms with Crippen LogP contribution in [0.15, 0.2) is 12.1 Å². The molecule has 1 aliphatic rings. The van der Waals surface area contributed by atoms with E-state index in [9.17, 15) is 13.6 Å². The normalized spacial score (nSPS) is 18.4. The summed E-state index contributed by atoms with van der Waals surface area (Å²) < 4.78 is 37.3. The minimum atomic E-state index is -1.08. The van der Waals surface area contributed by atoms with E-state index in [2.05, 4.69) is 13.8 Å². The first kappa shape index (κ1) is 17.3. The van der Waals surface area contributed by atoms with Crippen molar-refractivity contribution < 1.29 is 23.0 Å². The number of ether oxygens (including phenoxy) is 2. The van der Waals surface area contributed by atoms with Gasteiger partial charge in [0.2, 0.25) is 0 Å². The monoisotopic (exact) mass is 332 g/mol. The molecule has 0 atom stereocenters. The third kappa shape index (κ3) is 4.48. The zero-order valence-corrected chi connectivity index (χ0v) is 13.4. The van der Waals surface area contributed by atoms with Crippen LogP contribution in [0.25, 0.3) is 0 Å². The lowest BCUT2D eigenvalue weighted by molar-refractivity contribution is -0.223. The number of Topliss-reactive ketones (excluding diaryl/α,β-unsaturated/α-hetero) is 1. The lowest BCUT2D eigenvalue weighted by Crippen LogP contribution is -2.37. The van der Waals surface area contributed by atoms with Crippen molar-refractivity contribution in [1.82, 2.24) is 0 Å². The van der Waals surface area contributed by atoms with Crippen molar-refractivity contribution in [2.24, 2.45) is 5.41 Å². The molecular formula is C16H19ClF2O3. The summed E-state index contributed by atoms with van der Waals surface area (Å²) in [5.41, 5.74) is 0.0121. The predicted molar refractivity (Wildman–Crippen MR) is 79.0 cm³/mol. The van der Waals surface area contributed by atoms with Gasteiger partial charge in [-0.15, -0.1) is 0 Å². The van der Waals surface area contributed by atoms with Crippen molar-refractivity contribution in [3.63, 3.8) is 0 Å². The van der Waals surface area contributed by atoms with Crippen molar-refractivity contribution in [3.8, 4) is 0 Å². The topological polar surface area (TPSA) is 35.5 Å². The summed E-state index contributed by atoms with van der Waals surface area (Å²) in [4.78, 5) is 12.0. The number of carbonyl (C=O) groups excluding carboxylic acids is 1. The lowest BCUT2D eigenvalue weighted by atomic mass is 9.95. The van der Waals surface area contributed by atoms with Crippen LogP contribution in [0.2, 0.25) is 5.02 Å². The Morgan fingerprint density at radius 2 is 1.86 bits per heavy atom. The minimum Gasteiger partial charge on any atom is -0.352 e. The Kier molecular flexibility index (Phi) is 5.53. The Morgan fingerprint density at radius 1 is 1.27 bits per heavy atom. The van der Waals surface area contributed by atoms with Crippen molar-refractivity contribution in [2.75, 3.05) is 13.2 Å². The van der Waals surface area contributed by atoms with E-state index >= 15 is 0 Å². The van der Waals surface area contributed by atoms with E-state index in [-0.39, 0.29) is 34.5 Å². The van der Waals surface area contributed by atoms with Crippen LogP contribution in [0.4, 0.5) is 8.78 Å². The Morgan fingerprint density at radius 3 is 2.50 bits per heavy atom. The average Bonchev–Trinajstić information content (AvgIpc) is 2.44. The third-order valence-electron chi connectivity index (χ3n) is 3.47. The van der Waals surface area contributed by atoms with Crippen LogP contribution in [-0.4, -0.2) is 25.3 Å². The largest absolute Gasteiger partial charge is 0.352 e. The van der Waals surface area contributed by atoms with Gasteiger partial charge >= 0.3 is 0 Å². The molecule has 0 unspecified atom stereocenters. The van der Waals surface area contributed by atoms with Crippen LogP contribution in [0.5, 0.6) is 0 Å². The summed E-state index contributed by atoms with van der Waals surface area (Å²) in [7, 11) is 0. The van der Waals surface area contributed by atoms with Gasteiger partial charge in [-0.2, -0.15) is 0 Å². The Labute approximate surface area is 133 Å². The van der Waals surface area contributed by atoms with Crippen LogP contribution in [0.1, 0.15) is 43.5 Å². The smallest absolute Gasteiger partial charge is 0.164 e. The summed E-state index contributed by atoms with van der Waals surface area (Å²) >= 11 is 5.78. The first-order valence-electron chi connectivity index (χ1n) is 7.19. The number of carbonyl (C=O) groups is 1. The predicted octanol–water partition coefficient (Wildman–Crippen LogP) is 4.37. The SMILES string of the molecule is CC1(C)COC(CCCC(=O)c2cc(F)c(F)cc2Cl)OC1. The minimum absolute atomic E-state index is 0.00544. The van der Waals surface area contributed by atoms with Crippen molar-refractivity contribution in [3.05, 3.63) is 34.4 Å². The standard InChI is InChI=1S/C16H19ClF2O3/c1-16(2)8-21-15(22-9-16)5-3-4-14(20)10-6-12(18)13(19)7-11(10)17/h6-7,15H,3-5,8-9H2,1-2H3. The van der Waals surface area contributed by atoms with Gasteiger partial charge in [0.05, 0.1) is 18.2 Å². The van der Waals surface area contributed by atoms with Crippen LogP contribution in [0, 0.1) is 17.0 Å². The number of hydrogen-bond donors (Lipinski definition) is 0. The molecule has 2 rings (SSSR count). The van der Waals surface area contributed by atoms with Crippen LogP contribution in [-0.2, 0) is 9.47 Å². The molecule has 0 bridgehead atoms. The lowest BCUT2D eigenvalue weighted by Gasteiger charge is -2.34. The molecule has 1 aromatic rings. The Hall–Kier alpha value is -1.04. The molecular weight excluding hydrogens is 314 g/mol. The summed E-state index contributed by atoms with van der Waals surface area (Å²) in [6.07, 6.45) is 0.959. The Balaban J connectivity index is 1.83. The van der Waals surface area contributed by atoms with Gasteiger partial charge in [0.1, 0.15) is 0 Å². The fraction of sp³-hybridized carbons (Fsp3) is 0.562. The summed E-state index contributed by atoms with van der Waals surface area (Å²) in [5, 5.41) is -0.0733. The van der Waals surface area contributed by atoms with Crippen LogP contribution >= 0.6 is 11.6 Å². The molecule has 3 nitrogen and oxygen atoms in total. The van der Waals surface area contributed by atoms with Crippen LogP contribution < -0.4 is 0 Å². The maximum absolute atomic E-state index is 13.2. The fourth-order valence-electron chi connectivity index (χ4n) is 2.19. The molecule has 0 aliphatic carbocycles. The van der Waals surface area contributed by atoms with Gasteiger partial charge in [0, 0.05) is 17.4 Å². The molecule has 0 saturated carbocycles. The van der Waals surface area contributed by atoms with Gasteiger partial charge in [-0.05, 0) is 25.0 Å². The fourth-order valence-corrected chi connectivity index (χ4v) is 2.45. The van der Waals surface area contributed by atoms with Crippen molar-refractivity contribution in [1.29, 1.82) is 0 Å². The molecule has 1 aliphatic heterocycles. The number of rotatable bonds is 5. The first-order chi connectivity index (χ1) is 10.3. The van der Waals surface area contributed by atoms with E-state index in [0.717, 1.165) is 12.1 Å². The first-order valence-corrected chi connectivity index (χ1v) is 7.57. The number of hydrogen-bond acceptors (Lipinski definition) is 3. The molecule has 0 aromatic heterocycles. The highest BCUT2D eigenvalue weighted by Crippen LogP contribution is 2.26. The molecule has 1 saturated heterocycles. The highest BCUT2D eigenvalue weighted by atomic mass is 35.5. The molecule has 6 heteroatoms. The van der Waals surface area contributed by atoms with E-state index in [1.165, 1.54) is 0 Å². The van der Waals surface area contributed by atoms with E-state index < -0.39 is 11.6 Å². The molecule has 1 fully saturated rings. The molecule has 0 amide bonds. The van der Waals surface area contributed by atoms with E-state index in [1.54, 1.807) is 0 Å². The van der Waals surface area contributed by atoms with Crippen molar-refractivity contribution in [2.45, 2.75) is 39.4 Å². The number of benzene rings is 1. The van der Waals surface area contributed by atoms with Gasteiger partial charge in [-0.25, -0.2) is 8.78 Å². The van der Waals surface area contributed by atoms with Gasteiger partial charge in [-0.1, -0.05) is 25.4 Å². The van der Waals surface area contributed by atoms with Gasteiger partial charge in [0.25, 0.3) is 0 Å². The summed E-state index contributed by atoms with van der Waals surface area (Å²) in [6, 6.07) is 1.66. The Bertz CT molecular complexity index is 551. The average molecular weight is 333 g/mol. The third-order valence-corrected chi connectivity index (χ3v) is 3.79. The molecule has 22 heavy (non-hydrogen) atoms. The quantitative estimate of drug-likeness (QED) is 0.593. The zero-order valence-electron chi connectivity index (χ0n) is 12.6. The maximum atomic E-state index is 13.2. The molecule has 1 heterocycles. The number of ketones is 1. The van der Waals surface area contributed by atoms with E-state index in [1.807, 2.05) is 0 Å². The second kappa shape index (κ2) is 7.02. The maximum Gasteiger partial charge on any atom is 0.164 e. The molecule has 0 spiro atoms. The van der Waals surface area contributed by atoms with Gasteiger partial charge in [-0.3, -0.25) is 4.79 Å². The zero-order chi connectivity index (χ0) is 16.3. The highest BCUT2D eigenvalue weighted by molar-refractivity contribution is 6.33. The summed E-state index contributed by atoms with van der Waals surface area (Å²) in [6.45, 7) is 5.33. The van der Waals surface area contributed by atoms with Gasteiger partial charge in [0.15, 0.2) is 23.7 Å². The number of halogens is 3. The molecule has 122 valence electrons. The molecule has 0 N–H and O–H groups in total. The van der Waals surface area contributed by atoms with Crippen LogP contribution in [0.3, 0.4) is 0 Å². The molecule has 1 aromatic carbocycles. The molecule has 0 radical (unpaired) electrons.